The lowest BCUT2D eigenvalue weighted by Crippen LogP contribution is -2.47. The van der Waals surface area contributed by atoms with Crippen LogP contribution in [0.15, 0.2) is 48.5 Å². The first-order valence-corrected chi connectivity index (χ1v) is 9.93. The Morgan fingerprint density at radius 1 is 1.18 bits per heavy atom. The van der Waals surface area contributed by atoms with Crippen LogP contribution >= 0.6 is 23.8 Å². The lowest BCUT2D eigenvalue weighted by Gasteiger charge is -2.37. The van der Waals surface area contributed by atoms with E-state index in [1.54, 1.807) is 24.3 Å². The minimum absolute atomic E-state index is 0.104. The summed E-state index contributed by atoms with van der Waals surface area (Å²) < 4.78 is 11.3. The fraction of sp³-hybridized carbons (Fsp3) is 0.333. The molecule has 1 aliphatic rings. The van der Waals surface area contributed by atoms with Gasteiger partial charge in [-0.15, -0.1) is 0 Å². The topological polar surface area (TPSA) is 50.8 Å². The Kier molecular flexibility index (Phi) is 6.88. The number of carbonyl (C=O) groups is 1. The number of morpholine rings is 1. The van der Waals surface area contributed by atoms with Crippen molar-refractivity contribution < 1.29 is 14.3 Å². The standard InChI is InChI=1S/C21H23ClN2O3S/c1-14-11-24(12-15(2)27-14)21(28)16-7-9-17(10-8-16)26-13-20(25)23-19-6-4-3-5-18(19)22/h3-10,14-15H,11-13H2,1-2H3,(H,23,25)/t14-,15+. The highest BCUT2D eigenvalue weighted by molar-refractivity contribution is 7.80. The summed E-state index contributed by atoms with van der Waals surface area (Å²) in [5, 5.41) is 3.21. The Hall–Kier alpha value is -2.15. The molecule has 0 bridgehead atoms. The van der Waals surface area contributed by atoms with E-state index < -0.39 is 0 Å². The molecule has 0 aromatic heterocycles. The van der Waals surface area contributed by atoms with Crippen molar-refractivity contribution in [3.63, 3.8) is 0 Å². The van der Waals surface area contributed by atoms with Crippen LogP contribution < -0.4 is 10.1 Å². The number of carbonyl (C=O) groups excluding carboxylic acids is 1. The largest absolute Gasteiger partial charge is 0.484 e. The highest BCUT2D eigenvalue weighted by Gasteiger charge is 2.24. The van der Waals surface area contributed by atoms with Gasteiger partial charge >= 0.3 is 0 Å². The summed E-state index contributed by atoms with van der Waals surface area (Å²) in [6.07, 6.45) is 0.307. The molecular formula is C21H23ClN2O3S. The van der Waals surface area contributed by atoms with Gasteiger partial charge in [0.2, 0.25) is 0 Å². The maximum atomic E-state index is 12.0. The van der Waals surface area contributed by atoms with Gasteiger partial charge in [0.15, 0.2) is 6.61 Å². The van der Waals surface area contributed by atoms with Gasteiger partial charge in [-0.2, -0.15) is 0 Å². The molecule has 5 nitrogen and oxygen atoms in total. The maximum absolute atomic E-state index is 12.0. The van der Waals surface area contributed by atoms with Crippen LogP contribution in [0.5, 0.6) is 5.75 Å². The van der Waals surface area contributed by atoms with Crippen LogP contribution in [0.3, 0.4) is 0 Å². The van der Waals surface area contributed by atoms with Gasteiger partial charge in [0.25, 0.3) is 5.91 Å². The summed E-state index contributed by atoms with van der Waals surface area (Å²) in [6, 6.07) is 14.5. The zero-order valence-corrected chi connectivity index (χ0v) is 17.4. The zero-order valence-electron chi connectivity index (χ0n) is 15.9. The second-order valence-electron chi connectivity index (χ2n) is 6.81. The molecule has 2 atom stereocenters. The summed E-state index contributed by atoms with van der Waals surface area (Å²) in [6.45, 7) is 5.56. The lowest BCUT2D eigenvalue weighted by atomic mass is 10.1. The maximum Gasteiger partial charge on any atom is 0.262 e. The number of ether oxygens (including phenoxy) is 2. The quantitative estimate of drug-likeness (QED) is 0.739. The Labute approximate surface area is 175 Å². The van der Waals surface area contributed by atoms with Crippen molar-refractivity contribution in [1.29, 1.82) is 0 Å². The molecule has 7 heteroatoms. The molecule has 1 amide bonds. The molecule has 1 N–H and O–H groups in total. The first-order valence-electron chi connectivity index (χ1n) is 9.14. The number of hydrogen-bond acceptors (Lipinski definition) is 4. The van der Waals surface area contributed by atoms with Crippen molar-refractivity contribution in [3.8, 4) is 5.75 Å². The molecule has 3 rings (SSSR count). The smallest absolute Gasteiger partial charge is 0.262 e. The molecule has 148 valence electrons. The van der Waals surface area contributed by atoms with Gasteiger partial charge in [-0.1, -0.05) is 36.0 Å². The highest BCUT2D eigenvalue weighted by atomic mass is 35.5. The van der Waals surface area contributed by atoms with Crippen LogP contribution in [0, 0.1) is 0 Å². The van der Waals surface area contributed by atoms with Gasteiger partial charge in [-0.3, -0.25) is 4.79 Å². The zero-order chi connectivity index (χ0) is 20.1. The monoisotopic (exact) mass is 418 g/mol. The van der Waals surface area contributed by atoms with Crippen molar-refractivity contribution in [2.75, 3.05) is 25.0 Å². The number of para-hydroxylation sites is 1. The molecule has 0 saturated carbocycles. The number of benzene rings is 2. The van der Waals surface area contributed by atoms with Crippen LogP contribution in [0.2, 0.25) is 5.02 Å². The minimum atomic E-state index is -0.274. The lowest BCUT2D eigenvalue weighted by molar-refractivity contribution is -0.118. The van der Waals surface area contributed by atoms with Crippen LogP contribution in [-0.2, 0) is 9.53 Å². The van der Waals surface area contributed by atoms with Gasteiger partial charge in [-0.05, 0) is 50.2 Å². The van der Waals surface area contributed by atoms with Crippen LogP contribution in [0.1, 0.15) is 19.4 Å². The summed E-state index contributed by atoms with van der Waals surface area (Å²) in [4.78, 5) is 15.0. The fourth-order valence-electron chi connectivity index (χ4n) is 3.12. The van der Waals surface area contributed by atoms with Gasteiger partial charge < -0.3 is 19.7 Å². The molecule has 2 aromatic carbocycles. The van der Waals surface area contributed by atoms with Gasteiger partial charge in [-0.25, -0.2) is 0 Å². The van der Waals surface area contributed by atoms with Crippen LogP contribution in [-0.4, -0.2) is 47.7 Å². The van der Waals surface area contributed by atoms with Gasteiger partial charge in [0.1, 0.15) is 10.7 Å². The van der Waals surface area contributed by atoms with E-state index in [0.29, 0.717) is 16.5 Å². The molecule has 1 heterocycles. The Morgan fingerprint density at radius 2 is 1.82 bits per heavy atom. The van der Waals surface area contributed by atoms with E-state index in [0.717, 1.165) is 23.6 Å². The molecule has 0 radical (unpaired) electrons. The average Bonchev–Trinajstić information content (AvgIpc) is 2.67. The molecule has 0 spiro atoms. The molecule has 0 unspecified atom stereocenters. The van der Waals surface area contributed by atoms with Crippen molar-refractivity contribution in [2.24, 2.45) is 0 Å². The molecule has 1 fully saturated rings. The number of halogens is 1. The first-order chi connectivity index (χ1) is 13.4. The first kappa shape index (κ1) is 20.6. The highest BCUT2D eigenvalue weighted by Crippen LogP contribution is 2.21. The Balaban J connectivity index is 1.53. The average molecular weight is 419 g/mol. The number of hydrogen-bond donors (Lipinski definition) is 1. The van der Waals surface area contributed by atoms with E-state index in [2.05, 4.69) is 24.1 Å². The number of nitrogens with zero attached hydrogens (tertiary/aromatic N) is 1. The van der Waals surface area contributed by atoms with E-state index in [4.69, 9.17) is 33.3 Å². The summed E-state index contributed by atoms with van der Waals surface area (Å²) in [5.74, 6) is 0.327. The van der Waals surface area contributed by atoms with E-state index in [1.165, 1.54) is 0 Å². The Morgan fingerprint density at radius 3 is 2.46 bits per heavy atom. The number of nitrogens with one attached hydrogen (secondary N) is 1. The van der Waals surface area contributed by atoms with E-state index in [-0.39, 0.29) is 24.7 Å². The predicted molar refractivity (Wildman–Crippen MR) is 115 cm³/mol. The number of rotatable bonds is 5. The molecular weight excluding hydrogens is 396 g/mol. The van der Waals surface area contributed by atoms with Crippen molar-refractivity contribution >= 4 is 40.4 Å². The third-order valence-electron chi connectivity index (χ3n) is 4.33. The van der Waals surface area contributed by atoms with E-state index in [9.17, 15) is 4.79 Å². The van der Waals surface area contributed by atoms with Crippen LogP contribution in [0.4, 0.5) is 5.69 Å². The van der Waals surface area contributed by atoms with Gasteiger partial charge in [0, 0.05) is 18.7 Å². The summed E-state index contributed by atoms with van der Waals surface area (Å²) >= 11 is 11.7. The van der Waals surface area contributed by atoms with E-state index in [1.807, 2.05) is 24.3 Å². The molecule has 1 saturated heterocycles. The summed E-state index contributed by atoms with van der Waals surface area (Å²) in [7, 11) is 0. The molecule has 1 aliphatic heterocycles. The Bertz CT molecular complexity index is 834. The fourth-order valence-corrected chi connectivity index (χ4v) is 3.59. The second-order valence-corrected chi connectivity index (χ2v) is 7.60. The number of anilines is 1. The van der Waals surface area contributed by atoms with E-state index >= 15 is 0 Å². The van der Waals surface area contributed by atoms with Crippen LogP contribution in [0.25, 0.3) is 0 Å². The SMILES string of the molecule is C[C@@H]1CN(C(=S)c2ccc(OCC(=O)Nc3ccccc3Cl)cc2)C[C@H](C)O1. The summed E-state index contributed by atoms with van der Waals surface area (Å²) in [5.41, 5.74) is 1.51. The van der Waals surface area contributed by atoms with Crippen molar-refractivity contribution in [2.45, 2.75) is 26.1 Å². The normalized spacial score (nSPS) is 19.2. The van der Waals surface area contributed by atoms with Crippen molar-refractivity contribution in [3.05, 3.63) is 59.1 Å². The van der Waals surface area contributed by atoms with Crippen molar-refractivity contribution in [1.82, 2.24) is 4.90 Å². The number of thiocarbonyl (C=S) groups is 1. The predicted octanol–water partition coefficient (Wildman–Crippen LogP) is 4.14. The third kappa shape index (κ3) is 5.44. The third-order valence-corrected chi connectivity index (χ3v) is 5.15. The number of amides is 1. The molecule has 2 aromatic rings. The second kappa shape index (κ2) is 9.37. The minimum Gasteiger partial charge on any atom is -0.484 e. The van der Waals surface area contributed by atoms with Gasteiger partial charge in [0.05, 0.1) is 22.9 Å². The molecule has 0 aliphatic carbocycles. The molecule has 28 heavy (non-hydrogen) atoms.